The first-order valence-electron chi connectivity index (χ1n) is 18.1. The summed E-state index contributed by atoms with van der Waals surface area (Å²) < 4.78 is 21.3. The molecule has 3 N–H and O–H groups in total. The highest BCUT2D eigenvalue weighted by Crippen LogP contribution is 2.63. The molecule has 12 nitrogen and oxygen atoms in total. The number of hydrogen-bond donors (Lipinski definition) is 3. The lowest BCUT2D eigenvalue weighted by atomic mass is 9.55. The fourth-order valence-electron chi connectivity index (χ4n) is 8.21. The molecule has 2 aromatic carbocycles. The predicted octanol–water partition coefficient (Wildman–Crippen LogP) is 6.25. The van der Waals surface area contributed by atoms with Crippen LogP contribution in [0.25, 0.3) is 0 Å². The van der Waals surface area contributed by atoms with Crippen molar-refractivity contribution in [3.05, 3.63) is 109 Å². The van der Waals surface area contributed by atoms with Crippen LogP contribution in [0.2, 0.25) is 0 Å². The van der Waals surface area contributed by atoms with Crippen LogP contribution in [0.5, 0.6) is 11.5 Å². The predicted molar refractivity (Wildman–Crippen MR) is 194 cm³/mol. The number of hydrogen-bond acceptors (Lipinski definition) is 10. The molecule has 2 heterocycles. The largest absolute Gasteiger partial charge is 0.490 e. The number of aliphatic hydroxyl groups excluding tert-OH is 2. The molecule has 12 heteroatoms. The second-order valence-electron chi connectivity index (χ2n) is 13.5. The summed E-state index contributed by atoms with van der Waals surface area (Å²) >= 11 is 0. The van der Waals surface area contributed by atoms with Crippen molar-refractivity contribution >= 4 is 11.7 Å². The number of fused-ring (bicyclic) bond motifs is 2. The van der Waals surface area contributed by atoms with Crippen LogP contribution in [-0.2, 0) is 16.2 Å². The van der Waals surface area contributed by atoms with E-state index in [9.17, 15) is 20.1 Å². The number of carboxylic acids is 1. The van der Waals surface area contributed by atoms with Crippen molar-refractivity contribution in [1.82, 2.24) is 15.0 Å². The second kappa shape index (κ2) is 17.2. The minimum atomic E-state index is -1.46. The zero-order valence-corrected chi connectivity index (χ0v) is 29.4. The lowest BCUT2D eigenvalue weighted by molar-refractivity contribution is -0.252. The number of aliphatic hydroxyl groups is 2. The molecule has 0 amide bonds. The van der Waals surface area contributed by atoms with Gasteiger partial charge in [-0.1, -0.05) is 78.3 Å². The smallest absolute Gasteiger partial charge is 0.355 e. The van der Waals surface area contributed by atoms with Gasteiger partial charge in [-0.2, -0.15) is 0 Å². The molecule has 2 aliphatic carbocycles. The van der Waals surface area contributed by atoms with Crippen molar-refractivity contribution in [1.29, 1.82) is 0 Å². The summed E-state index contributed by atoms with van der Waals surface area (Å²) in [5.74, 6) is -1.94. The van der Waals surface area contributed by atoms with Gasteiger partial charge in [0.1, 0.15) is 30.8 Å². The molecule has 1 saturated carbocycles. The first-order chi connectivity index (χ1) is 25.4. The standard InChI is InChI=1S/C40H48N4O8/c1-3-20-49-29-16-17-35-32(23-29)37-30(15-9-11-19-46)28(14-8-10-18-45)22-31-33(42-51-26-27-12-6-5-7-13-27)24-36(44-34(39(47)48)25-41-43-44)40(52-35,38(31)37)50-21-4-2/h3-7,12-13,16-17,22-23,25,28,30,36-38,45-46H,1-2,8-11,14-15,18-21,24,26H2,(H,47,48). The van der Waals surface area contributed by atoms with E-state index in [1.54, 1.807) is 12.2 Å². The SMILES string of the molecule is C=CCOc1ccc2c(c1)C1C(CCCCO)C(CCCCO)C=C3C(=NOCc4ccccc4)CC(n4nncc4C(=O)O)C(OCC=C)(O2)C31. The highest BCUT2D eigenvalue weighted by Gasteiger charge is 2.65. The molecular formula is C40H48N4O8. The quantitative estimate of drug-likeness (QED) is 0.0738. The van der Waals surface area contributed by atoms with Crippen molar-refractivity contribution in [2.24, 2.45) is 22.9 Å². The molecule has 3 aromatic rings. The number of nitrogens with zero attached hydrogens (tertiary/aromatic N) is 4. The third kappa shape index (κ3) is 7.55. The molecule has 1 aliphatic heterocycles. The van der Waals surface area contributed by atoms with Gasteiger partial charge >= 0.3 is 5.97 Å². The van der Waals surface area contributed by atoms with E-state index in [4.69, 9.17) is 24.2 Å². The first kappa shape index (κ1) is 37.0. The number of aromatic nitrogens is 3. The summed E-state index contributed by atoms with van der Waals surface area (Å²) in [6, 6.07) is 14.7. The molecule has 1 fully saturated rings. The molecule has 6 unspecified atom stereocenters. The number of aromatic carboxylic acids is 1. The van der Waals surface area contributed by atoms with Crippen LogP contribution in [0.1, 0.15) is 78.5 Å². The van der Waals surface area contributed by atoms with E-state index < -0.39 is 23.7 Å². The Hall–Kier alpha value is -4.78. The lowest BCUT2D eigenvalue weighted by Crippen LogP contribution is -2.63. The Morgan fingerprint density at radius 3 is 2.54 bits per heavy atom. The van der Waals surface area contributed by atoms with E-state index in [2.05, 4.69) is 29.5 Å². The Kier molecular flexibility index (Phi) is 12.2. The summed E-state index contributed by atoms with van der Waals surface area (Å²) in [5, 5.41) is 42.9. The monoisotopic (exact) mass is 712 g/mol. The van der Waals surface area contributed by atoms with Crippen molar-refractivity contribution in [2.45, 2.75) is 69.3 Å². The zero-order chi connectivity index (χ0) is 36.5. The van der Waals surface area contributed by atoms with Crippen molar-refractivity contribution in [3.63, 3.8) is 0 Å². The van der Waals surface area contributed by atoms with E-state index in [0.29, 0.717) is 36.7 Å². The average Bonchev–Trinajstić information content (AvgIpc) is 3.65. The highest BCUT2D eigenvalue weighted by molar-refractivity contribution is 6.02. The van der Waals surface area contributed by atoms with Crippen molar-refractivity contribution in [2.75, 3.05) is 26.4 Å². The van der Waals surface area contributed by atoms with Crippen LogP contribution in [0.4, 0.5) is 0 Å². The molecule has 3 aliphatic rings. The van der Waals surface area contributed by atoms with E-state index in [1.165, 1.54) is 10.9 Å². The Balaban J connectivity index is 1.58. The number of carboxylic acid groups (broad SMARTS) is 1. The fourth-order valence-corrected chi connectivity index (χ4v) is 8.21. The van der Waals surface area contributed by atoms with Gasteiger partial charge < -0.3 is 34.4 Å². The Bertz CT molecular complexity index is 1760. The van der Waals surface area contributed by atoms with Gasteiger partial charge in [-0.15, -0.1) is 11.7 Å². The number of allylic oxidation sites excluding steroid dienone is 1. The molecule has 0 spiro atoms. The molecule has 6 atom stereocenters. The number of ether oxygens (including phenoxy) is 3. The van der Waals surface area contributed by atoms with E-state index in [0.717, 1.165) is 42.4 Å². The van der Waals surface area contributed by atoms with Crippen LogP contribution in [0, 0.1) is 17.8 Å². The molecular weight excluding hydrogens is 664 g/mol. The molecule has 52 heavy (non-hydrogen) atoms. The third-order valence-corrected chi connectivity index (χ3v) is 10.4. The number of oxime groups is 1. The number of rotatable bonds is 19. The van der Waals surface area contributed by atoms with Gasteiger partial charge in [-0.3, -0.25) is 0 Å². The molecule has 276 valence electrons. The molecule has 0 radical (unpaired) electrons. The molecule has 0 saturated heterocycles. The van der Waals surface area contributed by atoms with E-state index in [1.807, 2.05) is 48.5 Å². The van der Waals surface area contributed by atoms with Crippen LogP contribution in [0.15, 0.2) is 96.8 Å². The normalized spacial score (nSPS) is 25.3. The topological polar surface area (TPSA) is 158 Å². The Morgan fingerprint density at radius 2 is 1.81 bits per heavy atom. The van der Waals surface area contributed by atoms with E-state index in [-0.39, 0.29) is 56.3 Å². The van der Waals surface area contributed by atoms with Gasteiger partial charge in [0.15, 0.2) is 5.69 Å². The van der Waals surface area contributed by atoms with Gasteiger partial charge in [0.25, 0.3) is 0 Å². The summed E-state index contributed by atoms with van der Waals surface area (Å²) in [6.07, 6.45) is 11.6. The average molecular weight is 713 g/mol. The second-order valence-corrected chi connectivity index (χ2v) is 13.5. The zero-order valence-electron chi connectivity index (χ0n) is 29.4. The first-order valence-corrected chi connectivity index (χ1v) is 18.1. The van der Waals surface area contributed by atoms with Gasteiger partial charge in [-0.25, -0.2) is 9.48 Å². The maximum atomic E-state index is 12.6. The number of benzene rings is 2. The number of carbonyl (C=O) groups is 1. The molecule has 1 aromatic heterocycles. The van der Waals surface area contributed by atoms with Gasteiger partial charge in [0.2, 0.25) is 5.79 Å². The Labute approximate surface area is 304 Å². The minimum absolute atomic E-state index is 0.0583. The summed E-state index contributed by atoms with van der Waals surface area (Å²) in [4.78, 5) is 18.6. The van der Waals surface area contributed by atoms with Crippen molar-refractivity contribution in [3.8, 4) is 11.5 Å². The number of unbranched alkanes of at least 4 members (excludes halogenated alkanes) is 2. The van der Waals surface area contributed by atoms with Crippen LogP contribution >= 0.6 is 0 Å². The van der Waals surface area contributed by atoms with Gasteiger partial charge in [-0.05, 0) is 66.9 Å². The Morgan fingerprint density at radius 1 is 1.04 bits per heavy atom. The van der Waals surface area contributed by atoms with Crippen molar-refractivity contribution < 1.29 is 39.2 Å². The van der Waals surface area contributed by atoms with E-state index >= 15 is 0 Å². The summed E-state index contributed by atoms with van der Waals surface area (Å²) in [6.45, 7) is 8.63. The molecule has 0 bridgehead atoms. The molecule has 6 rings (SSSR count). The van der Waals surface area contributed by atoms with Gasteiger partial charge in [0.05, 0.1) is 24.4 Å². The fraction of sp³-hybridized carbons (Fsp3) is 0.450. The van der Waals surface area contributed by atoms with Crippen LogP contribution in [0.3, 0.4) is 0 Å². The van der Waals surface area contributed by atoms with Crippen LogP contribution in [-0.4, -0.2) is 74.2 Å². The minimum Gasteiger partial charge on any atom is -0.490 e. The summed E-state index contributed by atoms with van der Waals surface area (Å²) in [7, 11) is 0. The maximum absolute atomic E-state index is 12.6. The maximum Gasteiger partial charge on any atom is 0.355 e. The van der Waals surface area contributed by atoms with Gasteiger partial charge in [0, 0.05) is 31.1 Å². The summed E-state index contributed by atoms with van der Waals surface area (Å²) in [5.41, 5.74) is 3.34. The highest BCUT2D eigenvalue weighted by atomic mass is 16.7. The van der Waals surface area contributed by atoms with Crippen LogP contribution < -0.4 is 9.47 Å². The lowest BCUT2D eigenvalue weighted by Gasteiger charge is -2.58. The third-order valence-electron chi connectivity index (χ3n) is 10.4.